The van der Waals surface area contributed by atoms with Crippen molar-refractivity contribution in [3.8, 4) is 11.3 Å². The van der Waals surface area contributed by atoms with E-state index in [0.717, 1.165) is 6.42 Å². The van der Waals surface area contributed by atoms with E-state index in [-0.39, 0.29) is 23.0 Å². The summed E-state index contributed by atoms with van der Waals surface area (Å²) in [5, 5.41) is 5.24. The zero-order chi connectivity index (χ0) is 16.8. The molecule has 122 valence electrons. The van der Waals surface area contributed by atoms with Gasteiger partial charge >= 0.3 is 0 Å². The first kappa shape index (κ1) is 16.7. The fourth-order valence-corrected chi connectivity index (χ4v) is 2.00. The highest BCUT2D eigenvalue weighted by atomic mass is 19.1. The molecule has 5 nitrogen and oxygen atoms in total. The van der Waals surface area contributed by atoms with Gasteiger partial charge in [0.1, 0.15) is 17.6 Å². The number of rotatable bonds is 6. The predicted molar refractivity (Wildman–Crippen MR) is 84.3 cm³/mol. The second-order valence-electron chi connectivity index (χ2n) is 5.13. The molecule has 23 heavy (non-hydrogen) atoms. The van der Waals surface area contributed by atoms with Gasteiger partial charge in [-0.05, 0) is 37.6 Å². The maximum Gasteiger partial charge on any atom is 0.287 e. The van der Waals surface area contributed by atoms with Crippen LogP contribution in [-0.2, 0) is 4.79 Å². The molecule has 0 fully saturated rings. The lowest BCUT2D eigenvalue weighted by Gasteiger charge is -2.12. The molecule has 0 saturated carbocycles. The van der Waals surface area contributed by atoms with Crippen LogP contribution in [0.3, 0.4) is 0 Å². The van der Waals surface area contributed by atoms with Gasteiger partial charge < -0.3 is 15.1 Å². The lowest BCUT2D eigenvalue weighted by atomic mass is 10.1. The maximum atomic E-state index is 13.7. The summed E-state index contributed by atoms with van der Waals surface area (Å²) in [4.78, 5) is 23.8. The van der Waals surface area contributed by atoms with Crippen molar-refractivity contribution >= 4 is 11.8 Å². The largest absolute Gasteiger partial charge is 0.451 e. The van der Waals surface area contributed by atoms with Crippen LogP contribution in [0.25, 0.3) is 11.3 Å². The van der Waals surface area contributed by atoms with Crippen LogP contribution in [0.5, 0.6) is 0 Å². The number of amides is 2. The van der Waals surface area contributed by atoms with Crippen molar-refractivity contribution in [1.29, 1.82) is 0 Å². The van der Waals surface area contributed by atoms with Crippen LogP contribution < -0.4 is 10.6 Å². The monoisotopic (exact) mass is 318 g/mol. The molecule has 0 aliphatic heterocycles. The molecule has 2 amide bonds. The third-order valence-corrected chi connectivity index (χ3v) is 3.26. The molecule has 1 heterocycles. The molecule has 2 aromatic rings. The van der Waals surface area contributed by atoms with E-state index in [1.165, 1.54) is 18.2 Å². The highest BCUT2D eigenvalue weighted by molar-refractivity contribution is 5.95. The third kappa shape index (κ3) is 4.18. The topological polar surface area (TPSA) is 71.3 Å². The molecule has 2 rings (SSSR count). The summed E-state index contributed by atoms with van der Waals surface area (Å²) in [6.45, 7) is 4.08. The zero-order valence-electron chi connectivity index (χ0n) is 13.1. The van der Waals surface area contributed by atoms with Crippen LogP contribution in [0.2, 0.25) is 0 Å². The smallest absolute Gasteiger partial charge is 0.287 e. The molecule has 2 N–H and O–H groups in total. The second-order valence-corrected chi connectivity index (χ2v) is 5.13. The van der Waals surface area contributed by atoms with Gasteiger partial charge in [0.2, 0.25) is 5.91 Å². The average Bonchev–Trinajstić information content (AvgIpc) is 3.02. The lowest BCUT2D eigenvalue weighted by Crippen LogP contribution is -2.44. The third-order valence-electron chi connectivity index (χ3n) is 3.26. The molecular formula is C17H19FN2O3. The molecule has 0 aliphatic carbocycles. The molecule has 1 atom stereocenters. The summed E-state index contributed by atoms with van der Waals surface area (Å²) >= 11 is 0. The minimum absolute atomic E-state index is 0.0263. The number of benzene rings is 1. The Balaban J connectivity index is 2.04. The van der Waals surface area contributed by atoms with E-state index in [2.05, 4.69) is 10.6 Å². The Morgan fingerprint density at radius 1 is 1.22 bits per heavy atom. The standard InChI is InChI=1S/C17H19FN2O3/c1-3-10-19-16(21)11(2)20-17(22)15-9-8-14(23-15)12-6-4-5-7-13(12)18/h4-9,11H,3,10H2,1-2H3,(H,19,21)(H,20,22)/t11-/m0/s1. The predicted octanol–water partition coefficient (Wildman–Crippen LogP) is 2.73. The van der Waals surface area contributed by atoms with Crippen molar-refractivity contribution in [3.05, 3.63) is 48.0 Å². The van der Waals surface area contributed by atoms with E-state index in [4.69, 9.17) is 4.42 Å². The molecule has 0 spiro atoms. The Morgan fingerprint density at radius 2 is 1.96 bits per heavy atom. The molecule has 0 bridgehead atoms. The Hall–Kier alpha value is -2.63. The molecule has 1 aromatic carbocycles. The number of hydrogen-bond acceptors (Lipinski definition) is 3. The van der Waals surface area contributed by atoms with Crippen molar-refractivity contribution in [3.63, 3.8) is 0 Å². The van der Waals surface area contributed by atoms with Gasteiger partial charge in [-0.1, -0.05) is 19.1 Å². The summed E-state index contributed by atoms with van der Waals surface area (Å²) in [6, 6.07) is 8.43. The number of furan rings is 1. The van der Waals surface area contributed by atoms with E-state index < -0.39 is 17.8 Å². The van der Waals surface area contributed by atoms with E-state index >= 15 is 0 Å². The molecule has 0 saturated heterocycles. The first-order chi connectivity index (χ1) is 11.0. The van der Waals surface area contributed by atoms with Gasteiger partial charge in [0.25, 0.3) is 5.91 Å². The molecule has 0 unspecified atom stereocenters. The van der Waals surface area contributed by atoms with E-state index in [1.54, 1.807) is 25.1 Å². The highest BCUT2D eigenvalue weighted by Gasteiger charge is 2.19. The van der Waals surface area contributed by atoms with Crippen molar-refractivity contribution in [2.75, 3.05) is 6.54 Å². The van der Waals surface area contributed by atoms with Crippen molar-refractivity contribution in [2.24, 2.45) is 0 Å². The fourth-order valence-electron chi connectivity index (χ4n) is 2.00. The first-order valence-corrected chi connectivity index (χ1v) is 7.46. The molecule has 1 aromatic heterocycles. The number of carbonyl (C=O) groups excluding carboxylic acids is 2. The van der Waals surface area contributed by atoms with Gasteiger partial charge in [0, 0.05) is 6.54 Å². The Morgan fingerprint density at radius 3 is 2.65 bits per heavy atom. The number of halogens is 1. The maximum absolute atomic E-state index is 13.7. The molecule has 0 radical (unpaired) electrons. The summed E-state index contributed by atoms with van der Waals surface area (Å²) in [7, 11) is 0. The average molecular weight is 318 g/mol. The van der Waals surface area contributed by atoms with Crippen LogP contribution in [0.1, 0.15) is 30.8 Å². The van der Waals surface area contributed by atoms with Gasteiger partial charge in [-0.25, -0.2) is 4.39 Å². The van der Waals surface area contributed by atoms with Gasteiger partial charge in [-0.15, -0.1) is 0 Å². The van der Waals surface area contributed by atoms with Gasteiger partial charge in [-0.2, -0.15) is 0 Å². The van der Waals surface area contributed by atoms with Crippen molar-refractivity contribution < 1.29 is 18.4 Å². The minimum atomic E-state index is -0.684. The molecule has 0 aliphatic rings. The van der Waals surface area contributed by atoms with Crippen LogP contribution in [0, 0.1) is 5.82 Å². The summed E-state index contributed by atoms with van der Waals surface area (Å²) in [5.74, 6) is -0.927. The summed E-state index contributed by atoms with van der Waals surface area (Å²) < 4.78 is 19.1. The highest BCUT2D eigenvalue weighted by Crippen LogP contribution is 2.24. The van der Waals surface area contributed by atoms with Crippen molar-refractivity contribution in [1.82, 2.24) is 10.6 Å². The van der Waals surface area contributed by atoms with E-state index in [9.17, 15) is 14.0 Å². The quantitative estimate of drug-likeness (QED) is 0.860. The van der Waals surface area contributed by atoms with E-state index in [1.807, 2.05) is 6.92 Å². The van der Waals surface area contributed by atoms with Crippen LogP contribution >= 0.6 is 0 Å². The molecule has 6 heteroatoms. The van der Waals surface area contributed by atoms with Crippen LogP contribution in [0.4, 0.5) is 4.39 Å². The second kappa shape index (κ2) is 7.58. The number of carbonyl (C=O) groups is 2. The summed E-state index contributed by atoms with van der Waals surface area (Å²) in [5.41, 5.74) is 0.278. The number of nitrogens with one attached hydrogen (secondary N) is 2. The Labute approximate surface area is 133 Å². The minimum Gasteiger partial charge on any atom is -0.451 e. The van der Waals surface area contributed by atoms with E-state index in [0.29, 0.717) is 6.54 Å². The number of hydrogen-bond donors (Lipinski definition) is 2. The Bertz CT molecular complexity index is 697. The fraction of sp³-hybridized carbons (Fsp3) is 0.294. The SMILES string of the molecule is CCCNC(=O)[C@H](C)NC(=O)c1ccc(-c2ccccc2F)o1. The zero-order valence-corrected chi connectivity index (χ0v) is 13.1. The van der Waals surface area contributed by atoms with Crippen LogP contribution in [-0.4, -0.2) is 24.4 Å². The summed E-state index contributed by atoms with van der Waals surface area (Å²) in [6.07, 6.45) is 0.816. The van der Waals surface area contributed by atoms with Crippen LogP contribution in [0.15, 0.2) is 40.8 Å². The lowest BCUT2D eigenvalue weighted by molar-refractivity contribution is -0.122. The normalized spacial score (nSPS) is 11.8. The van der Waals surface area contributed by atoms with Crippen molar-refractivity contribution in [2.45, 2.75) is 26.3 Å². The van der Waals surface area contributed by atoms with Gasteiger partial charge in [0.05, 0.1) is 5.56 Å². The van der Waals surface area contributed by atoms with Gasteiger partial charge in [-0.3, -0.25) is 9.59 Å². The molecular weight excluding hydrogens is 299 g/mol. The first-order valence-electron chi connectivity index (χ1n) is 7.46. The van der Waals surface area contributed by atoms with Gasteiger partial charge in [0.15, 0.2) is 5.76 Å². The Kier molecular flexibility index (Phi) is 5.51.